The van der Waals surface area contributed by atoms with Gasteiger partial charge in [-0.15, -0.1) is 11.3 Å². The Kier molecular flexibility index (Phi) is 7.63. The largest absolute Gasteiger partial charge is 0.495 e. The topological polar surface area (TPSA) is 113 Å². The number of benzene rings is 1. The molecule has 1 amide bonds. The first-order chi connectivity index (χ1) is 16.2. The van der Waals surface area contributed by atoms with Gasteiger partial charge in [0.2, 0.25) is 15.9 Å². The number of anilines is 1. The molecule has 1 aromatic heterocycles. The zero-order valence-electron chi connectivity index (χ0n) is 19.0. The zero-order valence-corrected chi connectivity index (χ0v) is 21.4. The monoisotopic (exact) mass is 527 g/mol. The maximum Gasteiger partial charge on any atom is 0.252 e. The lowest BCUT2D eigenvalue weighted by Crippen LogP contribution is -2.43. The fourth-order valence-electron chi connectivity index (χ4n) is 4.35. The number of methoxy groups -OCH3 is 1. The van der Waals surface area contributed by atoms with Gasteiger partial charge in [-0.2, -0.15) is 8.61 Å². The number of ether oxygens (including phenoxy) is 1. The van der Waals surface area contributed by atoms with Crippen LogP contribution in [0.25, 0.3) is 0 Å². The molecule has 186 valence electrons. The second-order valence-electron chi connectivity index (χ2n) is 8.45. The van der Waals surface area contributed by atoms with E-state index in [0.29, 0.717) is 38.2 Å². The number of rotatable bonds is 7. The van der Waals surface area contributed by atoms with Gasteiger partial charge >= 0.3 is 0 Å². The predicted molar refractivity (Wildman–Crippen MR) is 130 cm³/mol. The van der Waals surface area contributed by atoms with Crippen molar-refractivity contribution in [3.05, 3.63) is 35.7 Å². The summed E-state index contributed by atoms with van der Waals surface area (Å²) in [5.74, 6) is -0.586. The maximum absolute atomic E-state index is 13.1. The van der Waals surface area contributed by atoms with Gasteiger partial charge in [-0.1, -0.05) is 12.5 Å². The van der Waals surface area contributed by atoms with Gasteiger partial charge in [-0.05, 0) is 55.3 Å². The van der Waals surface area contributed by atoms with E-state index in [1.165, 1.54) is 33.9 Å². The highest BCUT2D eigenvalue weighted by atomic mass is 32.2. The number of amides is 1. The Hall–Kier alpha value is -1.99. The summed E-state index contributed by atoms with van der Waals surface area (Å²) in [6, 6.07) is 7.67. The summed E-state index contributed by atoms with van der Waals surface area (Å²) < 4.78 is 60.4. The standard InChI is InChI=1S/C22H29N3O6S3/c1-31-20-10-9-18(33(27,28)24-11-3-2-4-12-24)15-19(20)23-22(26)17-7-5-13-25(16-17)34(29,30)21-8-6-14-32-21/h6,8-10,14-15,17H,2-5,7,11-13,16H2,1H3,(H,23,26)/t17-/m0/s1. The van der Waals surface area contributed by atoms with Crippen LogP contribution in [-0.4, -0.2) is 64.6 Å². The lowest BCUT2D eigenvalue weighted by molar-refractivity contribution is -0.120. The van der Waals surface area contributed by atoms with E-state index in [-0.39, 0.29) is 27.2 Å². The number of carbonyl (C=O) groups excluding carboxylic acids is 1. The molecule has 12 heteroatoms. The fourth-order valence-corrected chi connectivity index (χ4v) is 8.56. The Morgan fingerprint density at radius 3 is 2.41 bits per heavy atom. The van der Waals surface area contributed by atoms with Gasteiger partial charge in [0.05, 0.1) is 23.6 Å². The van der Waals surface area contributed by atoms with Crippen LogP contribution in [-0.2, 0) is 24.8 Å². The second-order valence-corrected chi connectivity index (χ2v) is 13.5. The van der Waals surface area contributed by atoms with Crippen molar-refractivity contribution in [3.63, 3.8) is 0 Å². The van der Waals surface area contributed by atoms with Crippen LogP contribution >= 0.6 is 11.3 Å². The van der Waals surface area contributed by atoms with Crippen LogP contribution in [0.4, 0.5) is 5.69 Å². The van der Waals surface area contributed by atoms with E-state index in [0.717, 1.165) is 30.6 Å². The molecule has 4 rings (SSSR count). The molecule has 0 bridgehead atoms. The lowest BCUT2D eigenvalue weighted by Gasteiger charge is -2.31. The average molecular weight is 528 g/mol. The summed E-state index contributed by atoms with van der Waals surface area (Å²) in [7, 11) is -5.89. The van der Waals surface area contributed by atoms with E-state index >= 15 is 0 Å². The summed E-state index contributed by atoms with van der Waals surface area (Å²) in [6.07, 6.45) is 3.76. The third-order valence-electron chi connectivity index (χ3n) is 6.23. The van der Waals surface area contributed by atoms with E-state index in [4.69, 9.17) is 4.74 Å². The van der Waals surface area contributed by atoms with Gasteiger partial charge in [-0.25, -0.2) is 16.8 Å². The molecule has 1 aromatic carbocycles. The second kappa shape index (κ2) is 10.3. The molecule has 2 aromatic rings. The number of thiophene rings is 1. The molecule has 34 heavy (non-hydrogen) atoms. The molecule has 0 radical (unpaired) electrons. The zero-order chi connectivity index (χ0) is 24.3. The Bertz CT molecular complexity index is 1220. The quantitative estimate of drug-likeness (QED) is 0.592. The third-order valence-corrected chi connectivity index (χ3v) is 11.4. The molecule has 2 aliphatic rings. The molecule has 1 N–H and O–H groups in total. The summed E-state index contributed by atoms with van der Waals surface area (Å²) in [5, 5.41) is 4.49. The van der Waals surface area contributed by atoms with Crippen LogP contribution in [0.15, 0.2) is 44.8 Å². The van der Waals surface area contributed by atoms with Gasteiger partial charge in [0.1, 0.15) is 9.96 Å². The van der Waals surface area contributed by atoms with Crippen molar-refractivity contribution >= 4 is 43.0 Å². The minimum Gasteiger partial charge on any atom is -0.495 e. The Labute approximate surface area is 204 Å². The van der Waals surface area contributed by atoms with Crippen LogP contribution in [0.1, 0.15) is 32.1 Å². The summed E-state index contributed by atoms with van der Waals surface area (Å²) >= 11 is 1.15. The highest BCUT2D eigenvalue weighted by Gasteiger charge is 2.34. The van der Waals surface area contributed by atoms with E-state index < -0.39 is 26.0 Å². The molecule has 0 aliphatic carbocycles. The molecule has 2 fully saturated rings. The molecule has 9 nitrogen and oxygen atoms in total. The summed E-state index contributed by atoms with van der Waals surface area (Å²) in [5.41, 5.74) is 0.254. The number of piperidine rings is 2. The molecule has 0 saturated carbocycles. The Balaban J connectivity index is 1.52. The van der Waals surface area contributed by atoms with Gasteiger partial charge in [0, 0.05) is 26.2 Å². The van der Waals surface area contributed by atoms with Crippen molar-refractivity contribution < 1.29 is 26.4 Å². The number of nitrogens with zero attached hydrogens (tertiary/aromatic N) is 2. The number of nitrogens with one attached hydrogen (secondary N) is 1. The Morgan fingerprint density at radius 1 is 1.00 bits per heavy atom. The first-order valence-electron chi connectivity index (χ1n) is 11.3. The SMILES string of the molecule is COc1ccc(S(=O)(=O)N2CCCCC2)cc1NC(=O)[C@H]1CCCN(S(=O)(=O)c2cccs2)C1. The third kappa shape index (κ3) is 5.15. The molecule has 2 saturated heterocycles. The minimum atomic E-state index is -3.68. The van der Waals surface area contributed by atoms with Crippen LogP contribution < -0.4 is 10.1 Å². The van der Waals surface area contributed by atoms with E-state index in [1.807, 2.05) is 0 Å². The van der Waals surface area contributed by atoms with Crippen LogP contribution in [0.5, 0.6) is 5.75 Å². The van der Waals surface area contributed by atoms with Crippen molar-refractivity contribution in [2.45, 2.75) is 41.2 Å². The van der Waals surface area contributed by atoms with Gasteiger partial charge in [0.25, 0.3) is 10.0 Å². The molecular formula is C22H29N3O6S3. The van der Waals surface area contributed by atoms with Crippen LogP contribution in [0.2, 0.25) is 0 Å². The fraction of sp³-hybridized carbons (Fsp3) is 0.500. The molecular weight excluding hydrogens is 498 g/mol. The molecule has 0 spiro atoms. The number of sulfonamides is 2. The molecule has 3 heterocycles. The van der Waals surface area contributed by atoms with Gasteiger partial charge < -0.3 is 10.1 Å². The maximum atomic E-state index is 13.1. The van der Waals surface area contributed by atoms with Crippen molar-refractivity contribution in [2.75, 3.05) is 38.6 Å². The van der Waals surface area contributed by atoms with Crippen LogP contribution in [0.3, 0.4) is 0 Å². The normalized spacial score (nSPS) is 20.7. The lowest BCUT2D eigenvalue weighted by atomic mass is 9.98. The highest BCUT2D eigenvalue weighted by Crippen LogP contribution is 2.32. The van der Waals surface area contributed by atoms with Crippen LogP contribution in [0, 0.1) is 5.92 Å². The van der Waals surface area contributed by atoms with Crippen molar-refractivity contribution in [1.29, 1.82) is 0 Å². The first-order valence-corrected chi connectivity index (χ1v) is 15.0. The minimum absolute atomic E-state index is 0.0696. The smallest absolute Gasteiger partial charge is 0.252 e. The number of carbonyl (C=O) groups is 1. The van der Waals surface area contributed by atoms with Crippen molar-refractivity contribution in [2.24, 2.45) is 5.92 Å². The highest BCUT2D eigenvalue weighted by molar-refractivity contribution is 7.91. The van der Waals surface area contributed by atoms with E-state index in [2.05, 4.69) is 5.32 Å². The Morgan fingerprint density at radius 2 is 1.74 bits per heavy atom. The van der Waals surface area contributed by atoms with E-state index in [9.17, 15) is 21.6 Å². The average Bonchev–Trinajstić information content (AvgIpc) is 3.41. The number of hydrogen-bond donors (Lipinski definition) is 1. The predicted octanol–water partition coefficient (Wildman–Crippen LogP) is 2.97. The molecule has 0 unspecified atom stereocenters. The van der Waals surface area contributed by atoms with Gasteiger partial charge in [-0.3, -0.25) is 4.79 Å². The van der Waals surface area contributed by atoms with Crippen molar-refractivity contribution in [1.82, 2.24) is 8.61 Å². The van der Waals surface area contributed by atoms with Crippen molar-refractivity contribution in [3.8, 4) is 5.75 Å². The summed E-state index contributed by atoms with van der Waals surface area (Å²) in [6.45, 7) is 1.39. The molecule has 1 atom stereocenters. The number of hydrogen-bond acceptors (Lipinski definition) is 7. The first kappa shape index (κ1) is 25.1. The summed E-state index contributed by atoms with van der Waals surface area (Å²) in [4.78, 5) is 13.2. The van der Waals surface area contributed by atoms with Gasteiger partial charge in [0.15, 0.2) is 0 Å². The molecule has 2 aliphatic heterocycles. The van der Waals surface area contributed by atoms with E-state index in [1.54, 1.807) is 17.5 Å².